The molecule has 2 aromatic carbocycles. The van der Waals surface area contributed by atoms with E-state index in [-0.39, 0.29) is 23.5 Å². The van der Waals surface area contributed by atoms with E-state index in [1.807, 2.05) is 30.3 Å². The number of aromatic nitrogens is 3. The first-order chi connectivity index (χ1) is 15.1. The quantitative estimate of drug-likeness (QED) is 0.447. The van der Waals surface area contributed by atoms with Gasteiger partial charge in [0.05, 0.1) is 11.9 Å². The lowest BCUT2D eigenvalue weighted by Crippen LogP contribution is -2.27. The Labute approximate surface area is 183 Å². The third-order valence-corrected chi connectivity index (χ3v) is 5.11. The number of pyridine rings is 1. The summed E-state index contributed by atoms with van der Waals surface area (Å²) in [4.78, 5) is 29.6. The van der Waals surface area contributed by atoms with E-state index < -0.39 is 5.97 Å². The summed E-state index contributed by atoms with van der Waals surface area (Å²) in [6, 6.07) is 16.2. The second kappa shape index (κ2) is 8.97. The number of rotatable bonds is 6. The van der Waals surface area contributed by atoms with Crippen LogP contribution in [0.4, 0.5) is 11.4 Å². The van der Waals surface area contributed by atoms with Gasteiger partial charge in [0, 0.05) is 40.2 Å². The summed E-state index contributed by atoms with van der Waals surface area (Å²) in [6.45, 7) is 2.07. The fraction of sp³-hybridized carbons (Fsp3) is 0.130. The number of aryl methyl sites for hydroxylation is 1. The van der Waals surface area contributed by atoms with Crippen LogP contribution in [0.5, 0.6) is 0 Å². The molecule has 0 aliphatic heterocycles. The number of halogens is 1. The van der Waals surface area contributed by atoms with Gasteiger partial charge < -0.3 is 10.1 Å². The van der Waals surface area contributed by atoms with Gasteiger partial charge in [0.2, 0.25) is 0 Å². The van der Waals surface area contributed by atoms with Gasteiger partial charge >= 0.3 is 5.97 Å². The van der Waals surface area contributed by atoms with Crippen molar-refractivity contribution in [1.29, 1.82) is 0 Å². The predicted molar refractivity (Wildman–Crippen MR) is 120 cm³/mol. The molecule has 1 N–H and O–H groups in total. The van der Waals surface area contributed by atoms with Gasteiger partial charge in [0.25, 0.3) is 5.56 Å². The number of ether oxygens (including phenoxy) is 1. The van der Waals surface area contributed by atoms with Crippen LogP contribution < -0.4 is 10.9 Å². The maximum Gasteiger partial charge on any atom is 0.359 e. The smallest absolute Gasteiger partial charge is 0.359 e. The van der Waals surface area contributed by atoms with E-state index in [0.29, 0.717) is 22.8 Å². The third kappa shape index (κ3) is 4.41. The Hall–Kier alpha value is -3.71. The van der Waals surface area contributed by atoms with E-state index in [1.54, 1.807) is 37.5 Å². The van der Waals surface area contributed by atoms with Gasteiger partial charge in [-0.15, -0.1) is 0 Å². The number of nitrogens with zero attached hydrogens (tertiary/aromatic N) is 3. The van der Waals surface area contributed by atoms with Gasteiger partial charge in [0.15, 0.2) is 5.69 Å². The molecule has 0 amide bonds. The normalized spacial score (nSPS) is 10.8. The van der Waals surface area contributed by atoms with Crippen LogP contribution in [0.2, 0.25) is 5.02 Å². The van der Waals surface area contributed by atoms with Gasteiger partial charge in [0.1, 0.15) is 12.3 Å². The van der Waals surface area contributed by atoms with Crippen LogP contribution in [0, 0.1) is 0 Å². The summed E-state index contributed by atoms with van der Waals surface area (Å²) in [6.07, 6.45) is 3.38. The molecule has 0 aliphatic rings. The van der Waals surface area contributed by atoms with Crippen LogP contribution in [0.3, 0.4) is 0 Å². The zero-order valence-electron chi connectivity index (χ0n) is 16.7. The summed E-state index contributed by atoms with van der Waals surface area (Å²) < 4.78 is 6.58. The molecule has 31 heavy (non-hydrogen) atoms. The third-order valence-electron chi connectivity index (χ3n) is 4.74. The maximum absolute atomic E-state index is 12.8. The highest BCUT2D eigenvalue weighted by molar-refractivity contribution is 6.31. The Kier molecular flexibility index (Phi) is 5.95. The molecular weight excluding hydrogens is 416 g/mol. The molecule has 0 aliphatic carbocycles. The van der Waals surface area contributed by atoms with Gasteiger partial charge in [-0.05, 0) is 13.0 Å². The SMILES string of the molecule is CCn1nc(C(=O)OCc2ccccc2Cl)cc(Nc2cncc3ccccc23)c1=O. The van der Waals surface area contributed by atoms with Crippen LogP contribution in [0.1, 0.15) is 23.0 Å². The molecule has 4 rings (SSSR count). The van der Waals surface area contributed by atoms with Crippen molar-refractivity contribution in [3.63, 3.8) is 0 Å². The molecule has 0 unspecified atom stereocenters. The number of nitrogens with one attached hydrogen (secondary N) is 1. The lowest BCUT2D eigenvalue weighted by molar-refractivity contribution is 0.0463. The summed E-state index contributed by atoms with van der Waals surface area (Å²) >= 11 is 6.12. The maximum atomic E-state index is 12.8. The Morgan fingerprint density at radius 1 is 1.10 bits per heavy atom. The molecular formula is C23H19ClN4O3. The van der Waals surface area contributed by atoms with Crippen LogP contribution >= 0.6 is 11.6 Å². The molecule has 7 nitrogen and oxygen atoms in total. The average Bonchev–Trinajstić information content (AvgIpc) is 2.80. The molecule has 0 fully saturated rings. The van der Waals surface area contributed by atoms with Crippen LogP contribution in [-0.4, -0.2) is 20.7 Å². The van der Waals surface area contributed by atoms with Crippen molar-refractivity contribution < 1.29 is 9.53 Å². The van der Waals surface area contributed by atoms with E-state index in [9.17, 15) is 9.59 Å². The van der Waals surface area contributed by atoms with Crippen LogP contribution in [-0.2, 0) is 17.9 Å². The zero-order chi connectivity index (χ0) is 21.8. The number of anilines is 2. The summed E-state index contributed by atoms with van der Waals surface area (Å²) in [5, 5.41) is 9.57. The van der Waals surface area contributed by atoms with Gasteiger partial charge in [-0.1, -0.05) is 54.1 Å². The van der Waals surface area contributed by atoms with Gasteiger partial charge in [-0.2, -0.15) is 5.10 Å². The molecule has 4 aromatic rings. The fourth-order valence-electron chi connectivity index (χ4n) is 3.14. The van der Waals surface area contributed by atoms with Crippen LogP contribution in [0.15, 0.2) is 71.8 Å². The van der Waals surface area contributed by atoms with Crippen molar-refractivity contribution in [2.45, 2.75) is 20.1 Å². The first-order valence-corrected chi connectivity index (χ1v) is 10.1. The Morgan fingerprint density at radius 3 is 2.68 bits per heavy atom. The van der Waals surface area contributed by atoms with E-state index in [4.69, 9.17) is 16.3 Å². The summed E-state index contributed by atoms with van der Waals surface area (Å²) in [5.74, 6) is -0.652. The minimum absolute atomic E-state index is 0.00143. The Morgan fingerprint density at radius 2 is 1.87 bits per heavy atom. The lowest BCUT2D eigenvalue weighted by Gasteiger charge is -2.12. The van der Waals surface area contributed by atoms with Crippen molar-refractivity contribution in [3.05, 3.63) is 93.6 Å². The van der Waals surface area contributed by atoms with Gasteiger partial charge in [-0.3, -0.25) is 9.78 Å². The largest absolute Gasteiger partial charge is 0.456 e. The van der Waals surface area contributed by atoms with Gasteiger partial charge in [-0.25, -0.2) is 9.48 Å². The van der Waals surface area contributed by atoms with E-state index in [0.717, 1.165) is 10.8 Å². The van der Waals surface area contributed by atoms with E-state index >= 15 is 0 Å². The van der Waals surface area contributed by atoms with Crippen molar-refractivity contribution in [2.24, 2.45) is 0 Å². The molecule has 0 saturated carbocycles. The number of hydrogen-bond acceptors (Lipinski definition) is 6. The minimum Gasteiger partial charge on any atom is -0.456 e. The molecule has 0 saturated heterocycles. The highest BCUT2D eigenvalue weighted by atomic mass is 35.5. The van der Waals surface area contributed by atoms with E-state index in [1.165, 1.54) is 10.7 Å². The first kappa shape index (κ1) is 20.6. The topological polar surface area (TPSA) is 86.1 Å². The van der Waals surface area contributed by atoms with Crippen molar-refractivity contribution in [3.8, 4) is 0 Å². The second-order valence-corrected chi connectivity index (χ2v) is 7.17. The average molecular weight is 435 g/mol. The van der Waals surface area contributed by atoms with Crippen molar-refractivity contribution in [2.75, 3.05) is 5.32 Å². The fourth-order valence-corrected chi connectivity index (χ4v) is 3.33. The number of benzene rings is 2. The molecule has 156 valence electrons. The van der Waals surface area contributed by atoms with Crippen molar-refractivity contribution >= 4 is 39.7 Å². The van der Waals surface area contributed by atoms with Crippen molar-refractivity contribution in [1.82, 2.24) is 14.8 Å². The minimum atomic E-state index is -0.652. The summed E-state index contributed by atoms with van der Waals surface area (Å²) in [7, 11) is 0. The molecule has 2 heterocycles. The number of carbonyl (C=O) groups is 1. The molecule has 0 radical (unpaired) electrons. The first-order valence-electron chi connectivity index (χ1n) is 9.69. The van der Waals surface area contributed by atoms with Crippen LogP contribution in [0.25, 0.3) is 10.8 Å². The van der Waals surface area contributed by atoms with E-state index in [2.05, 4.69) is 15.4 Å². The predicted octanol–water partition coefficient (Wildman–Crippen LogP) is 4.57. The standard InChI is InChI=1S/C23H19ClN4O3/c1-2-28-22(29)19(26-21-13-25-12-15-7-3-5-9-17(15)21)11-20(27-28)23(30)31-14-16-8-4-6-10-18(16)24/h3-13,26H,2,14H2,1H3. The summed E-state index contributed by atoms with van der Waals surface area (Å²) in [5.41, 5.74) is 1.21. The number of carbonyl (C=O) groups excluding carboxylic acids is 1. The molecule has 2 aromatic heterocycles. The molecule has 0 atom stereocenters. The highest BCUT2D eigenvalue weighted by Crippen LogP contribution is 2.24. The molecule has 0 bridgehead atoms. The number of hydrogen-bond donors (Lipinski definition) is 1. The molecule has 0 spiro atoms. The zero-order valence-corrected chi connectivity index (χ0v) is 17.5. The monoisotopic (exact) mass is 434 g/mol. The Balaban J connectivity index is 1.64. The number of fused-ring (bicyclic) bond motifs is 1. The molecule has 8 heteroatoms. The highest BCUT2D eigenvalue weighted by Gasteiger charge is 2.16. The number of esters is 1. The Bertz CT molecular complexity index is 1310. The lowest BCUT2D eigenvalue weighted by atomic mass is 10.1. The second-order valence-electron chi connectivity index (χ2n) is 6.76.